The Hall–Kier alpha value is -4.02. The van der Waals surface area contributed by atoms with Crippen LogP contribution in [0.3, 0.4) is 0 Å². The van der Waals surface area contributed by atoms with E-state index in [1.54, 1.807) is 11.8 Å². The van der Waals surface area contributed by atoms with Gasteiger partial charge >= 0.3 is 0 Å². The minimum Gasteiger partial charge on any atom is -0.435 e. The van der Waals surface area contributed by atoms with E-state index in [0.717, 1.165) is 31.0 Å². The second-order valence-corrected chi connectivity index (χ2v) is 8.67. The molecule has 0 radical (unpaired) electrons. The smallest absolute Gasteiger partial charge is 0.263 e. The number of aryl methyl sites for hydroxylation is 1. The van der Waals surface area contributed by atoms with Crippen molar-refractivity contribution in [3.63, 3.8) is 0 Å². The maximum absolute atomic E-state index is 15.2. The first-order chi connectivity index (χ1) is 16.5. The fourth-order valence-electron chi connectivity index (χ4n) is 4.05. The van der Waals surface area contributed by atoms with E-state index in [1.807, 2.05) is 6.07 Å². The van der Waals surface area contributed by atoms with Crippen LogP contribution in [0.5, 0.6) is 11.6 Å². The zero-order valence-electron chi connectivity index (χ0n) is 18.3. The molecule has 174 valence electrons. The lowest BCUT2D eigenvalue weighted by molar-refractivity contribution is 0.0649. The lowest BCUT2D eigenvalue weighted by Gasteiger charge is -2.31. The highest BCUT2D eigenvalue weighted by Gasteiger charge is 2.31. The predicted molar refractivity (Wildman–Crippen MR) is 119 cm³/mol. The topological polar surface area (TPSA) is 112 Å². The maximum Gasteiger partial charge on any atom is 0.263 e. The number of rotatable bonds is 6. The number of aromatic amines is 2. The van der Waals surface area contributed by atoms with Gasteiger partial charge in [0.2, 0.25) is 5.88 Å². The molecule has 6 rings (SSSR count). The van der Waals surface area contributed by atoms with E-state index < -0.39 is 11.6 Å². The SMILES string of the molecule is Cc1cc2c(F)c(Oc3ncnc(Nc4cc(C5CC5)[nH]n4)c3C(=O)N3CCC3)cc(F)c2[nH]1. The van der Waals surface area contributed by atoms with E-state index in [0.29, 0.717) is 30.5 Å². The third-order valence-corrected chi connectivity index (χ3v) is 6.14. The van der Waals surface area contributed by atoms with Crippen LogP contribution in [0.15, 0.2) is 24.5 Å². The molecule has 2 aliphatic rings. The second kappa shape index (κ2) is 7.79. The molecule has 4 aromatic rings. The van der Waals surface area contributed by atoms with Crippen LogP contribution in [0.2, 0.25) is 0 Å². The van der Waals surface area contributed by atoms with Gasteiger partial charge in [0.25, 0.3) is 5.91 Å². The van der Waals surface area contributed by atoms with Crippen LogP contribution in [-0.2, 0) is 0 Å². The molecule has 1 saturated heterocycles. The number of amides is 1. The van der Waals surface area contributed by atoms with Gasteiger partial charge in [-0.3, -0.25) is 9.89 Å². The summed E-state index contributed by atoms with van der Waals surface area (Å²) in [5, 5.41) is 10.4. The summed E-state index contributed by atoms with van der Waals surface area (Å²) in [4.78, 5) is 26.0. The van der Waals surface area contributed by atoms with Crippen LogP contribution < -0.4 is 10.1 Å². The summed E-state index contributed by atoms with van der Waals surface area (Å²) < 4.78 is 35.5. The maximum atomic E-state index is 15.2. The Balaban J connectivity index is 1.40. The molecular weight excluding hydrogens is 444 g/mol. The summed E-state index contributed by atoms with van der Waals surface area (Å²) in [5.41, 5.74) is 1.70. The molecule has 0 bridgehead atoms. The lowest BCUT2D eigenvalue weighted by atomic mass is 10.1. The number of ether oxygens (including phenoxy) is 1. The van der Waals surface area contributed by atoms with Crippen molar-refractivity contribution < 1.29 is 18.3 Å². The monoisotopic (exact) mass is 465 g/mol. The molecule has 11 heteroatoms. The molecule has 1 aromatic carbocycles. The number of benzene rings is 1. The quantitative estimate of drug-likeness (QED) is 0.386. The van der Waals surface area contributed by atoms with Crippen molar-refractivity contribution in [2.45, 2.75) is 32.1 Å². The minimum absolute atomic E-state index is 0.0309. The Labute approximate surface area is 192 Å². The standard InChI is InChI=1S/C23H21F2N7O2/c1-11-7-13-19(25)16(8-14(24)20(13)28-11)34-22-18(23(33)32-5-2-6-32)21(26-10-27-22)29-17-9-15(30-31-17)12-3-4-12/h7-10,12,28H,2-6H2,1H3,(H2,26,27,29,30,31). The van der Waals surface area contributed by atoms with E-state index in [4.69, 9.17) is 4.74 Å². The summed E-state index contributed by atoms with van der Waals surface area (Å²) >= 11 is 0. The normalized spacial score (nSPS) is 15.4. The first-order valence-corrected chi connectivity index (χ1v) is 11.1. The molecule has 9 nitrogen and oxygen atoms in total. The molecule has 0 spiro atoms. The number of fused-ring (bicyclic) bond motifs is 1. The van der Waals surface area contributed by atoms with Gasteiger partial charge in [0.05, 0.1) is 5.52 Å². The zero-order chi connectivity index (χ0) is 23.4. The average molecular weight is 465 g/mol. The minimum atomic E-state index is -0.752. The number of hydrogen-bond acceptors (Lipinski definition) is 6. The highest BCUT2D eigenvalue weighted by atomic mass is 19.1. The number of anilines is 2. The summed E-state index contributed by atoms with van der Waals surface area (Å²) in [6.07, 6.45) is 4.30. The molecular formula is C23H21F2N7O2. The van der Waals surface area contributed by atoms with Gasteiger partial charge in [-0.15, -0.1) is 0 Å². The summed E-state index contributed by atoms with van der Waals surface area (Å²) in [6.45, 7) is 2.87. The lowest BCUT2D eigenvalue weighted by Crippen LogP contribution is -2.42. The van der Waals surface area contributed by atoms with Gasteiger partial charge in [-0.1, -0.05) is 0 Å². The van der Waals surface area contributed by atoms with E-state index in [9.17, 15) is 9.18 Å². The molecule has 1 aliphatic heterocycles. The number of likely N-dealkylation sites (tertiary alicyclic amines) is 1. The molecule has 4 heterocycles. The Morgan fingerprint density at radius 2 is 2.03 bits per heavy atom. The molecule has 0 atom stereocenters. The Bertz CT molecular complexity index is 1420. The van der Waals surface area contributed by atoms with Crippen molar-refractivity contribution in [1.82, 2.24) is 30.0 Å². The fraction of sp³-hybridized carbons (Fsp3) is 0.304. The van der Waals surface area contributed by atoms with Crippen molar-refractivity contribution >= 4 is 28.4 Å². The van der Waals surface area contributed by atoms with Crippen LogP contribution in [0.4, 0.5) is 20.4 Å². The summed E-state index contributed by atoms with van der Waals surface area (Å²) in [6, 6.07) is 4.31. The Kier molecular flexibility index (Phi) is 4.71. The highest BCUT2D eigenvalue weighted by Crippen LogP contribution is 2.40. The van der Waals surface area contributed by atoms with Gasteiger partial charge in [-0.2, -0.15) is 5.10 Å². The highest BCUT2D eigenvalue weighted by molar-refractivity contribution is 6.02. The van der Waals surface area contributed by atoms with Crippen LogP contribution >= 0.6 is 0 Å². The van der Waals surface area contributed by atoms with Crippen LogP contribution in [0.1, 0.15) is 46.9 Å². The first-order valence-electron chi connectivity index (χ1n) is 11.1. The molecule has 3 aromatic heterocycles. The zero-order valence-corrected chi connectivity index (χ0v) is 18.3. The largest absolute Gasteiger partial charge is 0.435 e. The van der Waals surface area contributed by atoms with Crippen molar-refractivity contribution in [3.8, 4) is 11.6 Å². The second-order valence-electron chi connectivity index (χ2n) is 8.67. The number of carbonyl (C=O) groups is 1. The van der Waals surface area contributed by atoms with E-state index in [1.165, 1.54) is 12.4 Å². The van der Waals surface area contributed by atoms with Gasteiger partial charge in [0.1, 0.15) is 11.9 Å². The summed E-state index contributed by atoms with van der Waals surface area (Å²) in [7, 11) is 0. The molecule has 34 heavy (non-hydrogen) atoms. The van der Waals surface area contributed by atoms with Crippen molar-refractivity contribution in [2.75, 3.05) is 18.4 Å². The number of hydrogen-bond donors (Lipinski definition) is 3. The van der Waals surface area contributed by atoms with Crippen LogP contribution in [0.25, 0.3) is 10.9 Å². The molecule has 1 aliphatic carbocycles. The Morgan fingerprint density at radius 3 is 2.76 bits per heavy atom. The number of halogens is 2. The van der Waals surface area contributed by atoms with Crippen molar-refractivity contribution in [2.24, 2.45) is 0 Å². The third kappa shape index (κ3) is 3.53. The number of nitrogens with one attached hydrogen (secondary N) is 3. The van der Waals surface area contributed by atoms with Gasteiger partial charge < -0.3 is 19.9 Å². The third-order valence-electron chi connectivity index (χ3n) is 6.14. The van der Waals surface area contributed by atoms with Gasteiger partial charge in [0, 0.05) is 47.9 Å². The van der Waals surface area contributed by atoms with Crippen LogP contribution in [-0.4, -0.2) is 49.0 Å². The number of carbonyl (C=O) groups excluding carboxylic acids is 1. The predicted octanol–water partition coefficient (Wildman–Crippen LogP) is 4.53. The van der Waals surface area contributed by atoms with Gasteiger partial charge in [0.15, 0.2) is 29.0 Å². The molecule has 1 amide bonds. The van der Waals surface area contributed by atoms with E-state index in [2.05, 4.69) is 30.5 Å². The van der Waals surface area contributed by atoms with Gasteiger partial charge in [-0.05, 0) is 32.3 Å². The number of aromatic nitrogens is 5. The number of nitrogens with zero attached hydrogens (tertiary/aromatic N) is 4. The van der Waals surface area contributed by atoms with E-state index >= 15 is 4.39 Å². The molecule has 0 unspecified atom stereocenters. The van der Waals surface area contributed by atoms with Gasteiger partial charge in [-0.25, -0.2) is 18.7 Å². The average Bonchev–Trinajstić information content (AvgIpc) is 3.38. The van der Waals surface area contributed by atoms with Crippen LogP contribution in [0, 0.1) is 18.6 Å². The summed E-state index contributed by atoms with van der Waals surface area (Å²) in [5.74, 6) is -1.19. The molecule has 1 saturated carbocycles. The molecule has 2 fully saturated rings. The Morgan fingerprint density at radius 1 is 1.21 bits per heavy atom. The van der Waals surface area contributed by atoms with Crippen molar-refractivity contribution in [1.29, 1.82) is 0 Å². The van der Waals surface area contributed by atoms with E-state index in [-0.39, 0.29) is 39.8 Å². The molecule has 3 N–H and O–H groups in total. The van der Waals surface area contributed by atoms with Crippen molar-refractivity contribution in [3.05, 3.63) is 53.1 Å². The first kappa shape index (κ1) is 20.6. The number of H-pyrrole nitrogens is 2. The fourth-order valence-corrected chi connectivity index (χ4v) is 4.05.